The van der Waals surface area contributed by atoms with E-state index < -0.39 is 0 Å². The van der Waals surface area contributed by atoms with E-state index in [1.807, 2.05) is 42.5 Å². The molecule has 2 atom stereocenters. The topological polar surface area (TPSA) is 26.3 Å². The molecule has 0 aliphatic heterocycles. The lowest BCUT2D eigenvalue weighted by atomic mass is 9.86. The van der Waals surface area contributed by atoms with Gasteiger partial charge in [0.05, 0.1) is 0 Å². The number of hydrogen-bond acceptors (Lipinski definition) is 2. The molecular weight excluding hydrogens is 356 g/mol. The predicted molar refractivity (Wildman–Crippen MR) is 118 cm³/mol. The first-order valence-corrected chi connectivity index (χ1v) is 10.4. The van der Waals surface area contributed by atoms with E-state index >= 15 is 0 Å². The Hall–Kier alpha value is -2.87. The van der Waals surface area contributed by atoms with Gasteiger partial charge in [0.15, 0.2) is 0 Å². The van der Waals surface area contributed by atoms with Crippen molar-refractivity contribution >= 4 is 5.78 Å². The second kappa shape index (κ2) is 8.24. The van der Waals surface area contributed by atoms with Crippen molar-refractivity contribution < 1.29 is 9.53 Å². The predicted octanol–water partition coefficient (Wildman–Crippen LogP) is 6.71. The van der Waals surface area contributed by atoms with Gasteiger partial charge >= 0.3 is 0 Å². The van der Waals surface area contributed by atoms with Gasteiger partial charge in [0.25, 0.3) is 0 Å². The number of rotatable bonds is 5. The molecule has 148 valence electrons. The Morgan fingerprint density at radius 2 is 1.52 bits per heavy atom. The number of ether oxygens (including phenoxy) is 1. The van der Waals surface area contributed by atoms with Crippen LogP contribution in [0.5, 0.6) is 11.5 Å². The first kappa shape index (κ1) is 19.4. The average molecular weight is 385 g/mol. The summed E-state index contributed by atoms with van der Waals surface area (Å²) in [6, 6.07) is 22.3. The summed E-state index contributed by atoms with van der Waals surface area (Å²) in [5, 5.41) is 0. The number of carbonyl (C=O) groups excluding carboxylic acids is 1. The van der Waals surface area contributed by atoms with Gasteiger partial charge in [0, 0.05) is 11.8 Å². The molecule has 1 aliphatic rings. The standard InChI is InChI=1S/C27H28O2/c1-18-14-19(2)26(20(3)15-18)25-13-12-22(27(25)28)16-21-8-7-11-24(17-21)29-23-9-5-4-6-10-23/h4-11,14-15,17,22,25H,12-13,16H2,1-3H3. The van der Waals surface area contributed by atoms with Gasteiger partial charge in [-0.2, -0.15) is 0 Å². The van der Waals surface area contributed by atoms with E-state index in [1.165, 1.54) is 22.3 Å². The van der Waals surface area contributed by atoms with Crippen LogP contribution in [0.4, 0.5) is 0 Å². The molecule has 1 fully saturated rings. The Morgan fingerprint density at radius 3 is 2.24 bits per heavy atom. The highest BCUT2D eigenvalue weighted by Gasteiger charge is 2.36. The third-order valence-corrected chi connectivity index (χ3v) is 6.00. The Morgan fingerprint density at radius 1 is 0.828 bits per heavy atom. The van der Waals surface area contributed by atoms with E-state index in [0.29, 0.717) is 5.78 Å². The van der Waals surface area contributed by atoms with Gasteiger partial charge in [0.2, 0.25) is 0 Å². The zero-order valence-electron chi connectivity index (χ0n) is 17.4. The smallest absolute Gasteiger partial charge is 0.143 e. The largest absolute Gasteiger partial charge is 0.457 e. The highest BCUT2D eigenvalue weighted by Crippen LogP contribution is 2.40. The highest BCUT2D eigenvalue weighted by atomic mass is 16.5. The fraction of sp³-hybridized carbons (Fsp3) is 0.296. The van der Waals surface area contributed by atoms with Crippen LogP contribution < -0.4 is 4.74 Å². The van der Waals surface area contributed by atoms with Crippen LogP contribution in [0.2, 0.25) is 0 Å². The third-order valence-electron chi connectivity index (χ3n) is 6.00. The molecular formula is C27H28O2. The molecule has 0 saturated heterocycles. The van der Waals surface area contributed by atoms with Gasteiger partial charge in [-0.3, -0.25) is 4.79 Å². The second-order valence-corrected chi connectivity index (χ2v) is 8.31. The fourth-order valence-corrected chi connectivity index (χ4v) is 4.81. The quantitative estimate of drug-likeness (QED) is 0.489. The summed E-state index contributed by atoms with van der Waals surface area (Å²) in [5.74, 6) is 2.18. The van der Waals surface area contributed by atoms with Crippen molar-refractivity contribution in [3.63, 3.8) is 0 Å². The van der Waals surface area contributed by atoms with Crippen molar-refractivity contribution in [3.8, 4) is 11.5 Å². The summed E-state index contributed by atoms with van der Waals surface area (Å²) in [4.78, 5) is 13.2. The van der Waals surface area contributed by atoms with E-state index in [4.69, 9.17) is 4.74 Å². The molecule has 0 amide bonds. The number of carbonyl (C=O) groups is 1. The lowest BCUT2D eigenvalue weighted by Crippen LogP contribution is -2.16. The number of hydrogen-bond donors (Lipinski definition) is 0. The molecule has 0 radical (unpaired) electrons. The number of aryl methyl sites for hydroxylation is 3. The maximum absolute atomic E-state index is 13.2. The van der Waals surface area contributed by atoms with E-state index in [-0.39, 0.29) is 11.8 Å². The molecule has 0 bridgehead atoms. The summed E-state index contributed by atoms with van der Waals surface area (Å²) < 4.78 is 5.96. The van der Waals surface area contributed by atoms with E-state index in [0.717, 1.165) is 36.3 Å². The molecule has 0 N–H and O–H groups in total. The Bertz CT molecular complexity index is 997. The van der Waals surface area contributed by atoms with Crippen LogP contribution in [0.1, 0.15) is 46.6 Å². The monoisotopic (exact) mass is 384 g/mol. The number of para-hydroxylation sites is 1. The van der Waals surface area contributed by atoms with Crippen molar-refractivity contribution in [2.45, 2.75) is 46.0 Å². The molecule has 0 spiro atoms. The highest BCUT2D eigenvalue weighted by molar-refractivity contribution is 5.90. The Balaban J connectivity index is 1.49. The summed E-state index contributed by atoms with van der Waals surface area (Å²) in [6.45, 7) is 6.40. The van der Waals surface area contributed by atoms with Gasteiger partial charge in [-0.05, 0) is 86.6 Å². The zero-order chi connectivity index (χ0) is 20.4. The Kier molecular flexibility index (Phi) is 5.53. The molecule has 4 rings (SSSR count). The number of ketones is 1. The van der Waals surface area contributed by atoms with Crippen molar-refractivity contribution in [1.29, 1.82) is 0 Å². The molecule has 2 nitrogen and oxygen atoms in total. The molecule has 2 unspecified atom stereocenters. The lowest BCUT2D eigenvalue weighted by Gasteiger charge is -2.17. The summed E-state index contributed by atoms with van der Waals surface area (Å²) in [6.07, 6.45) is 2.69. The fourth-order valence-electron chi connectivity index (χ4n) is 4.81. The maximum Gasteiger partial charge on any atom is 0.143 e. The van der Waals surface area contributed by atoms with Crippen LogP contribution in [0, 0.1) is 26.7 Å². The number of benzene rings is 3. The minimum absolute atomic E-state index is 0.0457. The van der Waals surface area contributed by atoms with Crippen LogP contribution in [-0.2, 0) is 11.2 Å². The van der Waals surface area contributed by atoms with E-state index in [1.54, 1.807) is 0 Å². The molecule has 0 aromatic heterocycles. The summed E-state index contributed by atoms with van der Waals surface area (Å²) >= 11 is 0. The first-order valence-electron chi connectivity index (χ1n) is 10.4. The SMILES string of the molecule is Cc1cc(C)c(C2CCC(Cc3cccc(Oc4ccccc4)c3)C2=O)c(C)c1. The van der Waals surface area contributed by atoms with Crippen molar-refractivity contribution in [3.05, 3.63) is 94.5 Å². The minimum Gasteiger partial charge on any atom is -0.457 e. The van der Waals surface area contributed by atoms with Crippen LogP contribution in [0.15, 0.2) is 66.7 Å². The molecule has 3 aromatic carbocycles. The van der Waals surface area contributed by atoms with Crippen LogP contribution in [0.25, 0.3) is 0 Å². The first-order chi connectivity index (χ1) is 14.0. The number of Topliss-reactive ketones (excluding diaryl/α,β-unsaturated/α-hetero) is 1. The summed E-state index contributed by atoms with van der Waals surface area (Å²) in [7, 11) is 0. The molecule has 3 aromatic rings. The third kappa shape index (κ3) is 4.27. The van der Waals surface area contributed by atoms with Crippen LogP contribution >= 0.6 is 0 Å². The van der Waals surface area contributed by atoms with Gasteiger partial charge in [0.1, 0.15) is 17.3 Å². The summed E-state index contributed by atoms with van der Waals surface area (Å²) in [5.41, 5.74) is 6.18. The molecule has 1 aliphatic carbocycles. The molecule has 1 saturated carbocycles. The average Bonchev–Trinajstić information content (AvgIpc) is 3.03. The zero-order valence-corrected chi connectivity index (χ0v) is 17.4. The van der Waals surface area contributed by atoms with E-state index in [2.05, 4.69) is 45.0 Å². The van der Waals surface area contributed by atoms with Gasteiger partial charge in [-0.15, -0.1) is 0 Å². The van der Waals surface area contributed by atoms with Crippen LogP contribution in [0.3, 0.4) is 0 Å². The van der Waals surface area contributed by atoms with Crippen molar-refractivity contribution in [1.82, 2.24) is 0 Å². The minimum atomic E-state index is 0.0457. The lowest BCUT2D eigenvalue weighted by molar-refractivity contribution is -0.121. The van der Waals surface area contributed by atoms with E-state index in [9.17, 15) is 4.79 Å². The maximum atomic E-state index is 13.2. The molecule has 29 heavy (non-hydrogen) atoms. The molecule has 0 heterocycles. The van der Waals surface area contributed by atoms with Crippen molar-refractivity contribution in [2.75, 3.05) is 0 Å². The van der Waals surface area contributed by atoms with Gasteiger partial charge < -0.3 is 4.74 Å². The van der Waals surface area contributed by atoms with Crippen molar-refractivity contribution in [2.24, 2.45) is 5.92 Å². The normalized spacial score (nSPS) is 18.8. The van der Waals surface area contributed by atoms with Crippen LogP contribution in [-0.4, -0.2) is 5.78 Å². The Labute approximate surface area is 173 Å². The van der Waals surface area contributed by atoms with Gasteiger partial charge in [-0.25, -0.2) is 0 Å². The van der Waals surface area contributed by atoms with Gasteiger partial charge in [-0.1, -0.05) is 48.0 Å². The molecule has 2 heteroatoms. The second-order valence-electron chi connectivity index (χ2n) is 8.31.